The molecule has 0 heterocycles. The minimum absolute atomic E-state index is 0.0621. The van der Waals surface area contributed by atoms with Crippen molar-refractivity contribution in [3.63, 3.8) is 0 Å². The van der Waals surface area contributed by atoms with E-state index in [1.54, 1.807) is 14.0 Å². The summed E-state index contributed by atoms with van der Waals surface area (Å²) in [6, 6.07) is -0.409. The Labute approximate surface area is 89.4 Å². The largest absolute Gasteiger partial charge is 0.481 e. The van der Waals surface area contributed by atoms with Gasteiger partial charge in [0.15, 0.2) is 0 Å². The predicted molar refractivity (Wildman–Crippen MR) is 56.3 cm³/mol. The molecule has 0 saturated heterocycles. The van der Waals surface area contributed by atoms with Crippen LogP contribution in [0.25, 0.3) is 0 Å². The molecule has 0 bridgehead atoms. The van der Waals surface area contributed by atoms with Crippen LogP contribution in [0.2, 0.25) is 0 Å². The zero-order valence-electron chi connectivity index (χ0n) is 8.99. The molecule has 0 aromatic carbocycles. The van der Waals surface area contributed by atoms with Crippen LogP contribution in [0, 0.1) is 12.3 Å². The maximum Gasteiger partial charge on any atom is 0.317 e. The van der Waals surface area contributed by atoms with E-state index in [0.29, 0.717) is 6.42 Å². The second kappa shape index (κ2) is 6.71. The highest BCUT2D eigenvalue weighted by atomic mass is 16.4. The molecule has 0 aliphatic rings. The van der Waals surface area contributed by atoms with Gasteiger partial charge >= 0.3 is 12.0 Å². The molecule has 2 N–H and O–H groups in total. The zero-order valence-corrected chi connectivity index (χ0v) is 8.99. The summed E-state index contributed by atoms with van der Waals surface area (Å²) in [7, 11) is 1.54. The van der Waals surface area contributed by atoms with Crippen molar-refractivity contribution in [1.29, 1.82) is 0 Å². The minimum atomic E-state index is -0.925. The first-order valence-electron chi connectivity index (χ1n) is 4.64. The number of hydrogen-bond donors (Lipinski definition) is 2. The first-order valence-corrected chi connectivity index (χ1v) is 4.64. The Balaban J connectivity index is 3.89. The molecule has 84 valence electrons. The van der Waals surface area contributed by atoms with Crippen LogP contribution in [0.15, 0.2) is 0 Å². The van der Waals surface area contributed by atoms with Crippen molar-refractivity contribution in [2.45, 2.75) is 25.8 Å². The van der Waals surface area contributed by atoms with Crippen molar-refractivity contribution in [3.05, 3.63) is 0 Å². The second-order valence-corrected chi connectivity index (χ2v) is 3.32. The van der Waals surface area contributed by atoms with E-state index >= 15 is 0 Å². The van der Waals surface area contributed by atoms with Crippen LogP contribution >= 0.6 is 0 Å². The van der Waals surface area contributed by atoms with Gasteiger partial charge in [0, 0.05) is 26.1 Å². The molecule has 15 heavy (non-hydrogen) atoms. The molecule has 0 aromatic rings. The van der Waals surface area contributed by atoms with Crippen LogP contribution in [0.5, 0.6) is 0 Å². The van der Waals surface area contributed by atoms with Crippen LogP contribution in [-0.4, -0.2) is 41.6 Å². The molecule has 0 spiro atoms. The first-order chi connectivity index (χ1) is 6.97. The number of carbonyl (C=O) groups excluding carboxylic acids is 1. The van der Waals surface area contributed by atoms with E-state index in [0.717, 1.165) is 0 Å². The topological polar surface area (TPSA) is 69.6 Å². The van der Waals surface area contributed by atoms with Crippen LogP contribution in [0.3, 0.4) is 0 Å². The Morgan fingerprint density at radius 3 is 2.67 bits per heavy atom. The highest BCUT2D eigenvalue weighted by molar-refractivity contribution is 5.75. The molecule has 0 fully saturated rings. The molecule has 0 saturated carbocycles. The molecule has 0 rings (SSSR count). The molecule has 0 radical (unpaired) electrons. The van der Waals surface area contributed by atoms with E-state index in [1.807, 2.05) is 0 Å². The second-order valence-electron chi connectivity index (χ2n) is 3.32. The summed E-state index contributed by atoms with van der Waals surface area (Å²) in [6.45, 7) is 1.98. The quantitative estimate of drug-likeness (QED) is 0.652. The van der Waals surface area contributed by atoms with Gasteiger partial charge in [-0.2, -0.15) is 0 Å². The molecule has 1 atom stereocenters. The summed E-state index contributed by atoms with van der Waals surface area (Å²) in [5.41, 5.74) is 0. The Morgan fingerprint density at radius 2 is 2.20 bits per heavy atom. The van der Waals surface area contributed by atoms with Gasteiger partial charge in [-0.3, -0.25) is 4.79 Å². The number of nitrogens with one attached hydrogen (secondary N) is 1. The van der Waals surface area contributed by atoms with Crippen LogP contribution < -0.4 is 5.32 Å². The van der Waals surface area contributed by atoms with Crippen molar-refractivity contribution in [2.24, 2.45) is 0 Å². The fourth-order valence-electron chi connectivity index (χ4n) is 0.914. The third-order valence-electron chi connectivity index (χ3n) is 1.80. The van der Waals surface area contributed by atoms with Gasteiger partial charge in [-0.15, -0.1) is 12.3 Å². The number of carboxylic acid groups (broad SMARTS) is 1. The summed E-state index contributed by atoms with van der Waals surface area (Å²) < 4.78 is 0. The maximum absolute atomic E-state index is 11.4. The number of amides is 2. The summed E-state index contributed by atoms with van der Waals surface area (Å²) in [5.74, 6) is 1.51. The minimum Gasteiger partial charge on any atom is -0.481 e. The average molecular weight is 212 g/mol. The van der Waals surface area contributed by atoms with E-state index in [2.05, 4.69) is 11.2 Å². The summed E-state index contributed by atoms with van der Waals surface area (Å²) in [4.78, 5) is 23.0. The molecular weight excluding hydrogens is 196 g/mol. The predicted octanol–water partition coefficient (Wildman–Crippen LogP) is 0.514. The summed E-state index contributed by atoms with van der Waals surface area (Å²) in [5, 5.41) is 11.1. The standard InChI is InChI=1S/C10H16N2O3/c1-4-5-8(2)11-10(15)12(3)7-6-9(13)14/h1,8H,5-7H2,2-3H3,(H,11,15)(H,13,14). The Hall–Kier alpha value is -1.70. The van der Waals surface area contributed by atoms with E-state index in [-0.39, 0.29) is 25.0 Å². The SMILES string of the molecule is C#CCC(C)NC(=O)N(C)CCC(=O)O. The molecular formula is C10H16N2O3. The van der Waals surface area contributed by atoms with Crippen molar-refractivity contribution in [2.75, 3.05) is 13.6 Å². The Kier molecular flexibility index (Phi) is 5.95. The number of urea groups is 1. The molecule has 0 aliphatic carbocycles. The molecule has 2 amide bonds. The lowest BCUT2D eigenvalue weighted by Crippen LogP contribution is -2.42. The monoisotopic (exact) mass is 212 g/mol. The van der Waals surface area contributed by atoms with Gasteiger partial charge in [0.2, 0.25) is 0 Å². The highest BCUT2D eigenvalue weighted by Crippen LogP contribution is 1.93. The lowest BCUT2D eigenvalue weighted by Gasteiger charge is -2.19. The molecule has 5 heteroatoms. The number of rotatable bonds is 5. The summed E-state index contributed by atoms with van der Waals surface area (Å²) >= 11 is 0. The van der Waals surface area contributed by atoms with Crippen molar-refractivity contribution in [3.8, 4) is 12.3 Å². The molecule has 1 unspecified atom stereocenters. The third kappa shape index (κ3) is 6.38. The lowest BCUT2D eigenvalue weighted by atomic mass is 10.2. The van der Waals surface area contributed by atoms with Gasteiger partial charge in [-0.05, 0) is 6.92 Å². The lowest BCUT2D eigenvalue weighted by molar-refractivity contribution is -0.137. The number of aliphatic carboxylic acids is 1. The Morgan fingerprint density at radius 1 is 1.60 bits per heavy atom. The van der Waals surface area contributed by atoms with Gasteiger partial charge < -0.3 is 15.3 Å². The van der Waals surface area contributed by atoms with E-state index in [1.165, 1.54) is 4.90 Å². The van der Waals surface area contributed by atoms with Crippen molar-refractivity contribution in [1.82, 2.24) is 10.2 Å². The van der Waals surface area contributed by atoms with Crippen LogP contribution in [0.1, 0.15) is 19.8 Å². The zero-order chi connectivity index (χ0) is 11.8. The fourth-order valence-corrected chi connectivity index (χ4v) is 0.914. The number of nitrogens with zero attached hydrogens (tertiary/aromatic N) is 1. The van der Waals surface area contributed by atoms with E-state index < -0.39 is 5.97 Å². The maximum atomic E-state index is 11.4. The van der Waals surface area contributed by atoms with Crippen LogP contribution in [0.4, 0.5) is 4.79 Å². The van der Waals surface area contributed by atoms with Gasteiger partial charge in [0.05, 0.1) is 6.42 Å². The van der Waals surface area contributed by atoms with Gasteiger partial charge in [0.1, 0.15) is 0 Å². The number of carboxylic acids is 1. The van der Waals surface area contributed by atoms with Crippen molar-refractivity contribution < 1.29 is 14.7 Å². The average Bonchev–Trinajstić information content (AvgIpc) is 2.14. The van der Waals surface area contributed by atoms with Crippen molar-refractivity contribution >= 4 is 12.0 Å². The summed E-state index contributed by atoms with van der Waals surface area (Å²) in [6.07, 6.45) is 5.48. The Bertz CT molecular complexity index is 270. The van der Waals surface area contributed by atoms with Gasteiger partial charge in [-0.1, -0.05) is 0 Å². The number of hydrogen-bond acceptors (Lipinski definition) is 2. The highest BCUT2D eigenvalue weighted by Gasteiger charge is 2.11. The smallest absolute Gasteiger partial charge is 0.317 e. The first kappa shape index (κ1) is 13.3. The molecule has 0 aliphatic heterocycles. The van der Waals surface area contributed by atoms with Crippen LogP contribution in [-0.2, 0) is 4.79 Å². The van der Waals surface area contributed by atoms with Gasteiger partial charge in [0.25, 0.3) is 0 Å². The number of terminal acetylenes is 1. The normalized spacial score (nSPS) is 11.3. The van der Waals surface area contributed by atoms with E-state index in [9.17, 15) is 9.59 Å². The molecule has 5 nitrogen and oxygen atoms in total. The van der Waals surface area contributed by atoms with Gasteiger partial charge in [-0.25, -0.2) is 4.79 Å². The molecule has 0 aromatic heterocycles. The fraction of sp³-hybridized carbons (Fsp3) is 0.600. The number of carbonyl (C=O) groups is 2. The third-order valence-corrected chi connectivity index (χ3v) is 1.80. The van der Waals surface area contributed by atoms with E-state index in [4.69, 9.17) is 11.5 Å².